The maximum atomic E-state index is 13.6. The van der Waals surface area contributed by atoms with E-state index >= 15 is 0 Å². The first-order valence-corrected chi connectivity index (χ1v) is 14.6. The van der Waals surface area contributed by atoms with Crippen molar-refractivity contribution >= 4 is 33.1 Å². The fourth-order valence-electron chi connectivity index (χ4n) is 4.26. The van der Waals surface area contributed by atoms with E-state index in [2.05, 4.69) is 26.1 Å². The first kappa shape index (κ1) is 29.6. The molecule has 212 valence electrons. The number of benzene rings is 4. The molecule has 0 bridgehead atoms. The van der Waals surface area contributed by atoms with Gasteiger partial charge < -0.3 is 10.1 Å². The molecule has 0 aliphatic carbocycles. The summed E-state index contributed by atoms with van der Waals surface area (Å²) in [4.78, 5) is 26.4. The maximum absolute atomic E-state index is 13.6. The Kier molecular flexibility index (Phi) is 8.63. The predicted molar refractivity (Wildman–Crippen MR) is 162 cm³/mol. The Balaban J connectivity index is 1.57. The van der Waals surface area contributed by atoms with Crippen LogP contribution in [-0.4, -0.2) is 33.8 Å². The second kappa shape index (κ2) is 12.0. The molecule has 0 saturated heterocycles. The van der Waals surface area contributed by atoms with Crippen LogP contribution in [0.1, 0.15) is 47.8 Å². The summed E-state index contributed by atoms with van der Waals surface area (Å²) in [6.45, 7) is 7.72. The monoisotopic (exact) mass is 570 g/mol. The summed E-state index contributed by atoms with van der Waals surface area (Å²) in [5.74, 6) is -0.181. The zero-order chi connectivity index (χ0) is 29.8. The molecule has 0 radical (unpaired) electrons. The van der Waals surface area contributed by atoms with Gasteiger partial charge in [-0.2, -0.15) is 0 Å². The summed E-state index contributed by atoms with van der Waals surface area (Å²) in [5, 5.41) is 2.75. The fourth-order valence-corrected chi connectivity index (χ4v) is 5.68. The van der Waals surface area contributed by atoms with Crippen molar-refractivity contribution in [3.8, 4) is 5.75 Å². The summed E-state index contributed by atoms with van der Waals surface area (Å²) >= 11 is 0. The molecule has 1 amide bonds. The van der Waals surface area contributed by atoms with Gasteiger partial charge in [0.15, 0.2) is 5.78 Å². The number of carbonyl (C=O) groups is 2. The van der Waals surface area contributed by atoms with Gasteiger partial charge in [-0.15, -0.1) is 0 Å². The minimum Gasteiger partial charge on any atom is -0.497 e. The Hall–Kier alpha value is -4.43. The van der Waals surface area contributed by atoms with Crippen LogP contribution >= 0.6 is 0 Å². The van der Waals surface area contributed by atoms with Crippen LogP contribution in [0.3, 0.4) is 0 Å². The second-order valence-electron chi connectivity index (χ2n) is 10.8. The summed E-state index contributed by atoms with van der Waals surface area (Å²) in [5.41, 5.74) is 3.65. The number of hydrogen-bond donors (Lipinski definition) is 1. The van der Waals surface area contributed by atoms with Crippen LogP contribution in [0, 0.1) is 6.92 Å². The highest BCUT2D eigenvalue weighted by atomic mass is 32.2. The third-order valence-corrected chi connectivity index (χ3v) is 8.47. The number of anilines is 2. The molecule has 0 aliphatic heterocycles. The second-order valence-corrected chi connectivity index (χ2v) is 12.7. The number of sulfonamides is 1. The smallest absolute Gasteiger partial charge is 0.264 e. The van der Waals surface area contributed by atoms with E-state index in [1.165, 1.54) is 19.2 Å². The number of aryl methyl sites for hydroxylation is 1. The van der Waals surface area contributed by atoms with Gasteiger partial charge >= 0.3 is 0 Å². The fraction of sp³-hybridized carbons (Fsp3) is 0.212. The number of rotatable bonds is 9. The molecule has 0 saturated carbocycles. The summed E-state index contributed by atoms with van der Waals surface area (Å²) in [6.07, 6.45) is 0. The van der Waals surface area contributed by atoms with Crippen LogP contribution in [0.4, 0.5) is 11.4 Å². The number of amides is 1. The van der Waals surface area contributed by atoms with E-state index < -0.39 is 22.5 Å². The van der Waals surface area contributed by atoms with Crippen molar-refractivity contribution in [1.29, 1.82) is 0 Å². The van der Waals surface area contributed by atoms with Crippen molar-refractivity contribution in [2.24, 2.45) is 0 Å². The molecule has 41 heavy (non-hydrogen) atoms. The van der Waals surface area contributed by atoms with E-state index in [-0.39, 0.29) is 16.1 Å². The number of nitrogens with one attached hydrogen (secondary N) is 1. The number of carbonyl (C=O) groups excluding carboxylic acids is 2. The Bertz CT molecular complexity index is 1640. The largest absolute Gasteiger partial charge is 0.497 e. The Labute approximate surface area is 241 Å². The average molecular weight is 571 g/mol. The van der Waals surface area contributed by atoms with E-state index in [0.29, 0.717) is 28.3 Å². The van der Waals surface area contributed by atoms with Crippen molar-refractivity contribution in [3.05, 3.63) is 119 Å². The van der Waals surface area contributed by atoms with Crippen LogP contribution in [0.2, 0.25) is 0 Å². The van der Waals surface area contributed by atoms with Crippen molar-refractivity contribution in [1.82, 2.24) is 0 Å². The van der Waals surface area contributed by atoms with Gasteiger partial charge in [0.05, 0.1) is 17.7 Å². The molecule has 0 unspecified atom stereocenters. The first-order valence-electron chi connectivity index (χ1n) is 13.2. The molecular weight excluding hydrogens is 536 g/mol. The normalized spacial score (nSPS) is 11.5. The van der Waals surface area contributed by atoms with Gasteiger partial charge in [0.2, 0.25) is 5.91 Å². The maximum Gasteiger partial charge on any atom is 0.264 e. The molecule has 0 aliphatic rings. The standard InChI is InChI=1S/C33H34N2O5S/c1-23-9-19-30(20-10-23)41(38,39)35(28-15-17-29(40-5)18-16-28)22-31(36)34-27-8-6-7-25(21-27)32(37)24-11-13-26(14-12-24)33(2,3)4/h6-21H,22H2,1-5H3,(H,34,36). The van der Waals surface area contributed by atoms with E-state index in [1.54, 1.807) is 72.8 Å². The molecular formula is C33H34N2O5S. The minimum atomic E-state index is -4.07. The third kappa shape index (κ3) is 7.02. The lowest BCUT2D eigenvalue weighted by molar-refractivity contribution is -0.114. The average Bonchev–Trinajstić information content (AvgIpc) is 2.95. The van der Waals surface area contributed by atoms with Crippen molar-refractivity contribution < 1.29 is 22.7 Å². The minimum absolute atomic E-state index is 0.0294. The molecule has 0 fully saturated rings. The number of nitrogens with zero attached hydrogens (tertiary/aromatic N) is 1. The van der Waals surface area contributed by atoms with Gasteiger partial charge in [0.1, 0.15) is 12.3 Å². The molecule has 7 nitrogen and oxygen atoms in total. The third-order valence-electron chi connectivity index (χ3n) is 6.68. The molecule has 1 N–H and O–H groups in total. The lowest BCUT2D eigenvalue weighted by Gasteiger charge is -2.24. The Morgan fingerprint density at radius 2 is 1.46 bits per heavy atom. The van der Waals surface area contributed by atoms with Gasteiger partial charge in [-0.1, -0.05) is 74.9 Å². The van der Waals surface area contributed by atoms with Gasteiger partial charge in [0, 0.05) is 16.8 Å². The number of ether oxygens (including phenoxy) is 1. The zero-order valence-corrected chi connectivity index (χ0v) is 24.7. The van der Waals surface area contributed by atoms with Gasteiger partial charge in [0.25, 0.3) is 10.0 Å². The van der Waals surface area contributed by atoms with Gasteiger partial charge in [-0.25, -0.2) is 8.42 Å². The van der Waals surface area contributed by atoms with Crippen LogP contribution in [0.5, 0.6) is 5.75 Å². The molecule has 4 aromatic carbocycles. The van der Waals surface area contributed by atoms with E-state index in [4.69, 9.17) is 4.74 Å². The van der Waals surface area contributed by atoms with Crippen molar-refractivity contribution in [2.45, 2.75) is 38.0 Å². The summed E-state index contributed by atoms with van der Waals surface area (Å²) in [6, 6.07) is 27.0. The van der Waals surface area contributed by atoms with Crippen LogP contribution in [-0.2, 0) is 20.2 Å². The van der Waals surface area contributed by atoms with Crippen molar-refractivity contribution in [2.75, 3.05) is 23.3 Å². The number of hydrogen-bond acceptors (Lipinski definition) is 5. The zero-order valence-electron chi connectivity index (χ0n) is 23.8. The molecule has 0 atom stereocenters. The van der Waals surface area contributed by atoms with E-state index in [0.717, 1.165) is 15.4 Å². The summed E-state index contributed by atoms with van der Waals surface area (Å²) < 4.78 is 33.5. The number of ketones is 1. The van der Waals surface area contributed by atoms with Crippen molar-refractivity contribution in [3.63, 3.8) is 0 Å². The van der Waals surface area contributed by atoms with Crippen LogP contribution in [0.15, 0.2) is 102 Å². The molecule has 4 rings (SSSR count). The first-order chi connectivity index (χ1) is 19.4. The topological polar surface area (TPSA) is 92.8 Å². The Morgan fingerprint density at radius 3 is 2.05 bits per heavy atom. The highest BCUT2D eigenvalue weighted by Gasteiger charge is 2.27. The van der Waals surface area contributed by atoms with Gasteiger partial charge in [-0.05, 0) is 66.4 Å². The lowest BCUT2D eigenvalue weighted by Crippen LogP contribution is -2.38. The molecule has 4 aromatic rings. The number of methoxy groups -OCH3 is 1. The quantitative estimate of drug-likeness (QED) is 0.236. The van der Waals surface area contributed by atoms with Crippen LogP contribution in [0.25, 0.3) is 0 Å². The van der Waals surface area contributed by atoms with E-state index in [9.17, 15) is 18.0 Å². The van der Waals surface area contributed by atoms with E-state index in [1.807, 2.05) is 19.1 Å². The highest BCUT2D eigenvalue weighted by molar-refractivity contribution is 7.92. The molecule has 8 heteroatoms. The SMILES string of the molecule is COc1ccc(N(CC(=O)Nc2cccc(C(=O)c3ccc(C(C)(C)C)cc3)c2)S(=O)(=O)c2ccc(C)cc2)cc1. The van der Waals surface area contributed by atoms with Gasteiger partial charge in [-0.3, -0.25) is 13.9 Å². The molecule has 0 aromatic heterocycles. The summed E-state index contributed by atoms with van der Waals surface area (Å²) in [7, 11) is -2.56. The predicted octanol–water partition coefficient (Wildman–Crippen LogP) is 6.37. The molecule has 0 heterocycles. The lowest BCUT2D eigenvalue weighted by atomic mass is 9.86. The van der Waals surface area contributed by atoms with Crippen LogP contribution < -0.4 is 14.4 Å². The highest BCUT2D eigenvalue weighted by Crippen LogP contribution is 2.27. The molecule has 0 spiro atoms. The Morgan fingerprint density at radius 1 is 0.829 bits per heavy atom.